The quantitative estimate of drug-likeness (QED) is 0.364. The third-order valence-corrected chi connectivity index (χ3v) is 4.43. The van der Waals surface area contributed by atoms with E-state index in [1.165, 1.54) is 83.5 Å². The van der Waals surface area contributed by atoms with Crippen LogP contribution in [0.4, 0.5) is 0 Å². The van der Waals surface area contributed by atoms with Gasteiger partial charge in [0.15, 0.2) is 0 Å². The van der Waals surface area contributed by atoms with Crippen molar-refractivity contribution in [3.8, 4) is 0 Å². The Labute approximate surface area is 138 Å². The van der Waals surface area contributed by atoms with Gasteiger partial charge in [-0.25, -0.2) is 0 Å². The number of rotatable bonds is 15. The molecule has 0 radical (unpaired) electrons. The normalized spacial score (nSPS) is 13.1. The first-order valence-corrected chi connectivity index (χ1v) is 9.19. The SMILES string of the molecule is CCCCCCCCCCCCCCCC(C)[NH+](C)[O-].O.O. The molecule has 0 amide bonds. The summed E-state index contributed by atoms with van der Waals surface area (Å²) in [5.41, 5.74) is 0. The van der Waals surface area contributed by atoms with Crippen LogP contribution < -0.4 is 5.06 Å². The van der Waals surface area contributed by atoms with E-state index in [4.69, 9.17) is 0 Å². The second-order valence-corrected chi connectivity index (χ2v) is 6.54. The third kappa shape index (κ3) is 19.8. The summed E-state index contributed by atoms with van der Waals surface area (Å²) in [5.74, 6) is 0. The lowest BCUT2D eigenvalue weighted by atomic mass is 10.0. The second kappa shape index (κ2) is 20.8. The molecule has 0 saturated carbocycles. The van der Waals surface area contributed by atoms with Gasteiger partial charge in [0.2, 0.25) is 0 Å². The van der Waals surface area contributed by atoms with Gasteiger partial charge in [-0.15, -0.1) is 0 Å². The molecule has 0 spiro atoms. The molecular formula is C18H43NO3. The minimum Gasteiger partial charge on any atom is -0.634 e. The van der Waals surface area contributed by atoms with Crippen LogP contribution in [-0.2, 0) is 0 Å². The van der Waals surface area contributed by atoms with E-state index in [1.807, 2.05) is 0 Å². The monoisotopic (exact) mass is 321 g/mol. The molecule has 5 N–H and O–H groups in total. The molecule has 2 unspecified atom stereocenters. The molecule has 22 heavy (non-hydrogen) atoms. The number of unbranched alkanes of at least 4 members (excludes halogenated alkanes) is 12. The first kappa shape index (κ1) is 26.7. The maximum atomic E-state index is 11.1. The van der Waals surface area contributed by atoms with E-state index in [2.05, 4.69) is 13.8 Å². The second-order valence-electron chi connectivity index (χ2n) is 6.54. The van der Waals surface area contributed by atoms with Crippen LogP contribution in [0.3, 0.4) is 0 Å². The Hall–Kier alpha value is -0.160. The Balaban J connectivity index is -0.00000180. The van der Waals surface area contributed by atoms with Gasteiger partial charge in [0.1, 0.15) is 0 Å². The highest BCUT2D eigenvalue weighted by molar-refractivity contribution is 4.51. The lowest BCUT2D eigenvalue weighted by Gasteiger charge is -2.24. The zero-order chi connectivity index (χ0) is 15.1. The molecule has 0 saturated heterocycles. The summed E-state index contributed by atoms with van der Waals surface area (Å²) in [6.07, 6.45) is 19.2. The van der Waals surface area contributed by atoms with Crippen LogP contribution in [0.15, 0.2) is 0 Å². The van der Waals surface area contributed by atoms with Crippen molar-refractivity contribution >= 4 is 0 Å². The van der Waals surface area contributed by atoms with Crippen molar-refractivity contribution in [2.75, 3.05) is 7.05 Å². The van der Waals surface area contributed by atoms with Gasteiger partial charge in [-0.2, -0.15) is 0 Å². The molecular weight excluding hydrogens is 278 g/mol. The van der Waals surface area contributed by atoms with Gasteiger partial charge in [-0.1, -0.05) is 84.0 Å². The molecule has 0 bridgehead atoms. The van der Waals surface area contributed by atoms with Crippen LogP contribution in [0, 0.1) is 5.21 Å². The van der Waals surface area contributed by atoms with Crippen molar-refractivity contribution in [1.82, 2.24) is 0 Å². The van der Waals surface area contributed by atoms with E-state index < -0.39 is 0 Å². The average molecular weight is 322 g/mol. The van der Waals surface area contributed by atoms with Gasteiger partial charge in [-0.05, 0) is 19.8 Å². The fourth-order valence-corrected chi connectivity index (χ4v) is 2.67. The van der Waals surface area contributed by atoms with E-state index in [0.29, 0.717) is 5.06 Å². The Bertz CT molecular complexity index is 189. The van der Waals surface area contributed by atoms with Gasteiger partial charge in [0.25, 0.3) is 0 Å². The van der Waals surface area contributed by atoms with Crippen molar-refractivity contribution in [2.24, 2.45) is 0 Å². The minimum atomic E-state index is 0. The molecule has 0 aliphatic rings. The molecule has 0 aliphatic heterocycles. The molecule has 0 aliphatic carbocycles. The number of hydroxylamine groups is 2. The maximum Gasteiger partial charge on any atom is 0.0841 e. The van der Waals surface area contributed by atoms with E-state index in [9.17, 15) is 5.21 Å². The van der Waals surface area contributed by atoms with Crippen molar-refractivity contribution < 1.29 is 16.0 Å². The topological polar surface area (TPSA) is 90.5 Å². The average Bonchev–Trinajstić information content (AvgIpc) is 2.43. The van der Waals surface area contributed by atoms with Crippen molar-refractivity contribution in [2.45, 2.75) is 110 Å². The molecule has 2 atom stereocenters. The number of hydrogen-bond donors (Lipinski definition) is 1. The summed E-state index contributed by atoms with van der Waals surface area (Å²) in [4.78, 5) is 0. The van der Waals surface area contributed by atoms with E-state index in [-0.39, 0.29) is 17.0 Å². The molecule has 0 fully saturated rings. The summed E-state index contributed by atoms with van der Waals surface area (Å²) >= 11 is 0. The summed E-state index contributed by atoms with van der Waals surface area (Å²) < 4.78 is 0. The number of hydrogen-bond acceptors (Lipinski definition) is 1. The predicted molar refractivity (Wildman–Crippen MR) is 97.3 cm³/mol. The fraction of sp³-hybridized carbons (Fsp3) is 1.00. The zero-order valence-electron chi connectivity index (χ0n) is 15.4. The highest BCUT2D eigenvalue weighted by atomic mass is 16.5. The largest absolute Gasteiger partial charge is 0.634 e. The maximum absolute atomic E-state index is 11.1. The first-order chi connectivity index (χ1) is 9.68. The van der Waals surface area contributed by atoms with E-state index >= 15 is 0 Å². The van der Waals surface area contributed by atoms with Crippen LogP contribution in [0.1, 0.15) is 104 Å². The summed E-state index contributed by atoms with van der Waals surface area (Å²) in [7, 11) is 1.72. The molecule has 4 nitrogen and oxygen atoms in total. The van der Waals surface area contributed by atoms with Gasteiger partial charge in [-0.3, -0.25) is 0 Å². The Kier molecular flexibility index (Phi) is 25.3. The van der Waals surface area contributed by atoms with E-state index in [0.717, 1.165) is 6.42 Å². The molecule has 0 aromatic rings. The molecule has 0 rings (SSSR count). The lowest BCUT2D eigenvalue weighted by Crippen LogP contribution is -3.07. The summed E-state index contributed by atoms with van der Waals surface area (Å²) in [6.45, 7) is 4.34. The zero-order valence-corrected chi connectivity index (χ0v) is 15.4. The van der Waals surface area contributed by atoms with Crippen molar-refractivity contribution in [3.05, 3.63) is 5.21 Å². The first-order valence-electron chi connectivity index (χ1n) is 9.19. The molecule has 138 valence electrons. The van der Waals surface area contributed by atoms with Crippen LogP contribution in [0.5, 0.6) is 0 Å². The standard InChI is InChI=1S/C18H39NO.2H2O/c1-4-5-6-7-8-9-10-11-12-13-14-15-16-17-18(2)19(3)20;;/h18-19H,4-17H2,1-3H3;2*1H2. The smallest absolute Gasteiger partial charge is 0.0841 e. The van der Waals surface area contributed by atoms with Crippen LogP contribution >= 0.6 is 0 Å². The van der Waals surface area contributed by atoms with Gasteiger partial charge < -0.3 is 21.2 Å². The molecule has 4 heteroatoms. The lowest BCUT2D eigenvalue weighted by molar-refractivity contribution is -0.852. The van der Waals surface area contributed by atoms with Gasteiger partial charge >= 0.3 is 0 Å². The summed E-state index contributed by atoms with van der Waals surface area (Å²) in [6, 6.07) is 0.280. The highest BCUT2D eigenvalue weighted by Gasteiger charge is 2.03. The van der Waals surface area contributed by atoms with Gasteiger partial charge in [0, 0.05) is 0 Å². The van der Waals surface area contributed by atoms with Crippen molar-refractivity contribution in [3.63, 3.8) is 0 Å². The minimum absolute atomic E-state index is 0. The van der Waals surface area contributed by atoms with Gasteiger partial charge in [0.05, 0.1) is 13.1 Å². The summed E-state index contributed by atoms with van der Waals surface area (Å²) in [5, 5.41) is 11.4. The third-order valence-electron chi connectivity index (χ3n) is 4.43. The fourth-order valence-electron chi connectivity index (χ4n) is 2.67. The molecule has 0 aromatic carbocycles. The van der Waals surface area contributed by atoms with Crippen LogP contribution in [0.2, 0.25) is 0 Å². The Morgan fingerprint density at radius 1 is 0.682 bits per heavy atom. The Morgan fingerprint density at radius 3 is 1.32 bits per heavy atom. The van der Waals surface area contributed by atoms with E-state index in [1.54, 1.807) is 7.05 Å². The number of nitrogens with one attached hydrogen (secondary N) is 1. The Morgan fingerprint density at radius 2 is 1.00 bits per heavy atom. The molecule has 0 aromatic heterocycles. The molecule has 0 heterocycles. The highest BCUT2D eigenvalue weighted by Crippen LogP contribution is 2.13. The van der Waals surface area contributed by atoms with Crippen LogP contribution in [0.25, 0.3) is 0 Å². The predicted octanol–water partition coefficient (Wildman–Crippen LogP) is 3.22. The van der Waals surface area contributed by atoms with Crippen LogP contribution in [-0.4, -0.2) is 24.0 Å². The van der Waals surface area contributed by atoms with Crippen molar-refractivity contribution in [1.29, 1.82) is 0 Å². The number of quaternary nitrogens is 1.